The van der Waals surface area contributed by atoms with Crippen LogP contribution in [0.25, 0.3) is 11.3 Å². The highest BCUT2D eigenvalue weighted by molar-refractivity contribution is 5.94. The van der Waals surface area contributed by atoms with Crippen molar-refractivity contribution in [1.29, 1.82) is 0 Å². The van der Waals surface area contributed by atoms with Gasteiger partial charge in [-0.15, -0.1) is 0 Å². The van der Waals surface area contributed by atoms with E-state index >= 15 is 0 Å². The van der Waals surface area contributed by atoms with Crippen LogP contribution in [0, 0.1) is 0 Å². The van der Waals surface area contributed by atoms with Crippen LogP contribution >= 0.6 is 0 Å². The van der Waals surface area contributed by atoms with E-state index in [1.807, 2.05) is 85.8 Å². The van der Waals surface area contributed by atoms with Crippen LogP contribution in [-0.2, 0) is 6.42 Å². The Morgan fingerprint density at radius 2 is 1.56 bits per heavy atom. The Hall–Kier alpha value is -3.99. The third-order valence-electron chi connectivity index (χ3n) is 5.24. The summed E-state index contributed by atoms with van der Waals surface area (Å²) < 4.78 is 0. The molecule has 160 valence electrons. The van der Waals surface area contributed by atoms with Crippen molar-refractivity contribution < 1.29 is 4.79 Å². The summed E-state index contributed by atoms with van der Waals surface area (Å²) in [5, 5.41) is 6.36. The van der Waals surface area contributed by atoms with Crippen LogP contribution in [0.3, 0.4) is 0 Å². The lowest BCUT2D eigenvalue weighted by atomic mass is 10.1. The maximum Gasteiger partial charge on any atom is 0.251 e. The maximum absolute atomic E-state index is 12.6. The highest BCUT2D eigenvalue weighted by Crippen LogP contribution is 2.21. The summed E-state index contributed by atoms with van der Waals surface area (Å²) >= 11 is 0. The molecule has 32 heavy (non-hydrogen) atoms. The molecule has 0 fully saturated rings. The molecule has 4 aromatic rings. The minimum absolute atomic E-state index is 0.0643. The van der Waals surface area contributed by atoms with Crippen molar-refractivity contribution in [3.63, 3.8) is 0 Å². The van der Waals surface area contributed by atoms with Crippen molar-refractivity contribution in [3.8, 4) is 11.3 Å². The molecule has 0 saturated heterocycles. The first kappa shape index (κ1) is 21.2. The van der Waals surface area contributed by atoms with Gasteiger partial charge in [0.05, 0.1) is 5.69 Å². The van der Waals surface area contributed by atoms with E-state index in [0.29, 0.717) is 11.4 Å². The van der Waals surface area contributed by atoms with Crippen molar-refractivity contribution in [2.75, 3.05) is 5.32 Å². The molecule has 1 atom stereocenters. The summed E-state index contributed by atoms with van der Waals surface area (Å²) in [6.07, 6.45) is 3.38. The molecule has 0 aliphatic heterocycles. The van der Waals surface area contributed by atoms with E-state index in [0.717, 1.165) is 29.8 Å². The van der Waals surface area contributed by atoms with E-state index in [1.54, 1.807) is 6.33 Å². The Balaban J connectivity index is 1.33. The van der Waals surface area contributed by atoms with E-state index in [-0.39, 0.29) is 11.9 Å². The van der Waals surface area contributed by atoms with Gasteiger partial charge in [-0.2, -0.15) is 0 Å². The first-order valence-electron chi connectivity index (χ1n) is 10.8. The summed E-state index contributed by atoms with van der Waals surface area (Å²) in [4.78, 5) is 21.2. The van der Waals surface area contributed by atoms with Crippen LogP contribution in [-0.4, -0.2) is 21.9 Å². The van der Waals surface area contributed by atoms with Gasteiger partial charge in [0, 0.05) is 28.9 Å². The zero-order valence-electron chi connectivity index (χ0n) is 18.0. The van der Waals surface area contributed by atoms with E-state index in [4.69, 9.17) is 0 Å². The number of aryl methyl sites for hydroxylation is 1. The monoisotopic (exact) mass is 422 g/mol. The number of rotatable bonds is 8. The molecule has 5 heteroatoms. The Morgan fingerprint density at radius 3 is 2.28 bits per heavy atom. The number of benzene rings is 3. The van der Waals surface area contributed by atoms with Crippen molar-refractivity contribution in [2.45, 2.75) is 25.8 Å². The van der Waals surface area contributed by atoms with Gasteiger partial charge in [-0.25, -0.2) is 9.97 Å². The zero-order chi connectivity index (χ0) is 22.2. The van der Waals surface area contributed by atoms with Gasteiger partial charge in [0.25, 0.3) is 5.91 Å². The minimum Gasteiger partial charge on any atom is -0.350 e. The highest BCUT2D eigenvalue weighted by atomic mass is 16.1. The van der Waals surface area contributed by atoms with E-state index < -0.39 is 0 Å². The summed E-state index contributed by atoms with van der Waals surface area (Å²) in [7, 11) is 0. The predicted molar refractivity (Wildman–Crippen MR) is 129 cm³/mol. The Kier molecular flexibility index (Phi) is 6.88. The van der Waals surface area contributed by atoms with Gasteiger partial charge in [0.1, 0.15) is 12.1 Å². The average Bonchev–Trinajstić information content (AvgIpc) is 2.84. The van der Waals surface area contributed by atoms with Crippen LogP contribution in [0.4, 0.5) is 11.5 Å². The molecule has 0 saturated carbocycles. The summed E-state index contributed by atoms with van der Waals surface area (Å²) in [6.45, 7) is 2.04. The van der Waals surface area contributed by atoms with Crippen LogP contribution in [0.2, 0.25) is 0 Å². The van der Waals surface area contributed by atoms with Crippen LogP contribution < -0.4 is 10.6 Å². The van der Waals surface area contributed by atoms with Gasteiger partial charge < -0.3 is 10.6 Å². The van der Waals surface area contributed by atoms with Crippen molar-refractivity contribution in [3.05, 3.63) is 108 Å². The number of carbonyl (C=O) groups is 1. The smallest absolute Gasteiger partial charge is 0.251 e. The molecule has 0 radical (unpaired) electrons. The lowest BCUT2D eigenvalue weighted by Gasteiger charge is -2.14. The topological polar surface area (TPSA) is 66.9 Å². The summed E-state index contributed by atoms with van der Waals surface area (Å²) in [5.41, 5.74) is 4.66. The molecule has 1 unspecified atom stereocenters. The molecular formula is C27H26N4O. The average molecular weight is 423 g/mol. The number of carbonyl (C=O) groups excluding carboxylic acids is 1. The lowest BCUT2D eigenvalue weighted by molar-refractivity contribution is 0.0938. The lowest BCUT2D eigenvalue weighted by Crippen LogP contribution is -2.32. The van der Waals surface area contributed by atoms with E-state index in [2.05, 4.69) is 32.7 Å². The fourth-order valence-corrected chi connectivity index (χ4v) is 3.45. The Morgan fingerprint density at radius 1 is 0.875 bits per heavy atom. The van der Waals surface area contributed by atoms with Crippen LogP contribution in [0.15, 0.2) is 97.3 Å². The van der Waals surface area contributed by atoms with Gasteiger partial charge in [-0.3, -0.25) is 4.79 Å². The van der Waals surface area contributed by atoms with Gasteiger partial charge in [-0.1, -0.05) is 60.7 Å². The third-order valence-corrected chi connectivity index (χ3v) is 5.24. The molecule has 3 aromatic carbocycles. The normalized spacial score (nSPS) is 11.5. The SMILES string of the molecule is CC(CCc1ccccc1)NC(=O)c1ccc(Nc2cc(-c3ccccc3)ncn2)cc1. The maximum atomic E-state index is 12.6. The molecule has 0 aliphatic rings. The number of nitrogens with zero attached hydrogens (tertiary/aromatic N) is 2. The first-order valence-corrected chi connectivity index (χ1v) is 10.8. The fraction of sp³-hybridized carbons (Fsp3) is 0.148. The number of anilines is 2. The second-order valence-corrected chi connectivity index (χ2v) is 7.76. The van der Waals surface area contributed by atoms with Crippen molar-refractivity contribution >= 4 is 17.4 Å². The third kappa shape index (κ3) is 5.79. The molecule has 0 bridgehead atoms. The van der Waals surface area contributed by atoms with E-state index in [9.17, 15) is 4.79 Å². The quantitative estimate of drug-likeness (QED) is 0.386. The summed E-state index contributed by atoms with van der Waals surface area (Å²) in [5.74, 6) is 0.635. The zero-order valence-corrected chi connectivity index (χ0v) is 18.0. The second kappa shape index (κ2) is 10.4. The van der Waals surface area contributed by atoms with Crippen molar-refractivity contribution in [2.24, 2.45) is 0 Å². The Bertz CT molecular complexity index is 1150. The predicted octanol–water partition coefficient (Wildman–Crippen LogP) is 5.64. The Labute approximate surface area is 188 Å². The molecule has 0 aliphatic carbocycles. The molecule has 5 nitrogen and oxygen atoms in total. The van der Waals surface area contributed by atoms with Gasteiger partial charge in [0.15, 0.2) is 0 Å². The largest absolute Gasteiger partial charge is 0.350 e. The van der Waals surface area contributed by atoms with Crippen molar-refractivity contribution in [1.82, 2.24) is 15.3 Å². The number of amides is 1. The number of nitrogens with one attached hydrogen (secondary N) is 2. The van der Waals surface area contributed by atoms with E-state index in [1.165, 1.54) is 5.56 Å². The van der Waals surface area contributed by atoms with Crippen LogP contribution in [0.5, 0.6) is 0 Å². The second-order valence-electron chi connectivity index (χ2n) is 7.76. The van der Waals surface area contributed by atoms with Crippen LogP contribution in [0.1, 0.15) is 29.3 Å². The molecule has 4 rings (SSSR count). The number of hydrogen-bond donors (Lipinski definition) is 2. The summed E-state index contributed by atoms with van der Waals surface area (Å²) in [6, 6.07) is 29.7. The van der Waals surface area contributed by atoms with Gasteiger partial charge >= 0.3 is 0 Å². The van der Waals surface area contributed by atoms with Gasteiger partial charge in [-0.05, 0) is 49.6 Å². The number of hydrogen-bond acceptors (Lipinski definition) is 4. The standard InChI is InChI=1S/C27H26N4O/c1-20(12-13-21-8-4-2-5-9-21)30-27(32)23-14-16-24(17-15-23)31-26-18-25(28-19-29-26)22-10-6-3-7-11-22/h2-11,14-20H,12-13H2,1H3,(H,30,32)(H,28,29,31). The minimum atomic E-state index is -0.0643. The molecule has 1 amide bonds. The molecule has 1 heterocycles. The first-order chi connectivity index (χ1) is 15.7. The highest BCUT2D eigenvalue weighted by Gasteiger charge is 2.10. The van der Waals surface area contributed by atoms with Gasteiger partial charge in [0.2, 0.25) is 0 Å². The molecule has 1 aromatic heterocycles. The molecule has 2 N–H and O–H groups in total. The number of aromatic nitrogens is 2. The fourth-order valence-electron chi connectivity index (χ4n) is 3.45. The molecular weight excluding hydrogens is 396 g/mol. The molecule has 0 spiro atoms.